The van der Waals surface area contributed by atoms with E-state index in [1.54, 1.807) is 31.4 Å². The first-order valence-electron chi connectivity index (χ1n) is 7.53. The summed E-state index contributed by atoms with van der Waals surface area (Å²) in [5.41, 5.74) is -0.322. The van der Waals surface area contributed by atoms with Gasteiger partial charge >= 0.3 is 6.03 Å². The molecule has 2 N–H and O–H groups in total. The summed E-state index contributed by atoms with van der Waals surface area (Å²) in [4.78, 5) is 37.5. The molecule has 1 aromatic rings. The third kappa shape index (κ3) is 3.28. The number of carbonyl (C=O) groups excluding carboxylic acids is 3. The lowest BCUT2D eigenvalue weighted by molar-refractivity contribution is -0.134. The Morgan fingerprint density at radius 1 is 1.22 bits per heavy atom. The molecule has 0 aromatic heterocycles. The monoisotopic (exact) mass is 319 g/mol. The first-order chi connectivity index (χ1) is 11.0. The van der Waals surface area contributed by atoms with Crippen molar-refractivity contribution in [1.82, 2.24) is 10.2 Å². The highest BCUT2D eigenvalue weighted by molar-refractivity contribution is 6.10. The smallest absolute Gasteiger partial charge is 0.325 e. The molecule has 124 valence electrons. The lowest BCUT2D eigenvalue weighted by Crippen LogP contribution is -2.46. The number of amides is 4. The Morgan fingerprint density at radius 3 is 2.30 bits per heavy atom. The van der Waals surface area contributed by atoms with Crippen LogP contribution in [-0.4, -0.2) is 41.9 Å². The van der Waals surface area contributed by atoms with Gasteiger partial charge in [0.1, 0.15) is 17.8 Å². The molecule has 0 radical (unpaired) electrons. The van der Waals surface area contributed by atoms with E-state index in [-0.39, 0.29) is 12.5 Å². The van der Waals surface area contributed by atoms with Gasteiger partial charge in [-0.25, -0.2) is 4.79 Å². The van der Waals surface area contributed by atoms with Crippen molar-refractivity contribution in [2.75, 3.05) is 19.0 Å². The van der Waals surface area contributed by atoms with Crippen LogP contribution in [0.2, 0.25) is 0 Å². The molecule has 1 aromatic carbocycles. The SMILES string of the molecule is CCC1(CC)NC(=O)N(CC(=O)Nc2ccc(OC)cc2)C1=O. The second-order valence-electron chi connectivity index (χ2n) is 5.39. The minimum Gasteiger partial charge on any atom is -0.497 e. The van der Waals surface area contributed by atoms with E-state index in [2.05, 4.69) is 10.6 Å². The van der Waals surface area contributed by atoms with Gasteiger partial charge in [-0.3, -0.25) is 14.5 Å². The summed E-state index contributed by atoms with van der Waals surface area (Å²) in [6.07, 6.45) is 0.981. The second-order valence-corrected chi connectivity index (χ2v) is 5.39. The van der Waals surface area contributed by atoms with Crippen LogP contribution in [0.1, 0.15) is 26.7 Å². The van der Waals surface area contributed by atoms with Crippen molar-refractivity contribution in [2.24, 2.45) is 0 Å². The number of rotatable bonds is 6. The zero-order valence-electron chi connectivity index (χ0n) is 13.5. The number of imide groups is 1. The van der Waals surface area contributed by atoms with Gasteiger partial charge in [-0.1, -0.05) is 13.8 Å². The van der Waals surface area contributed by atoms with E-state index in [4.69, 9.17) is 4.74 Å². The molecule has 2 rings (SSSR count). The van der Waals surface area contributed by atoms with Gasteiger partial charge in [0.2, 0.25) is 5.91 Å². The molecular weight excluding hydrogens is 298 g/mol. The summed E-state index contributed by atoms with van der Waals surface area (Å²) in [5.74, 6) is -0.105. The molecule has 23 heavy (non-hydrogen) atoms. The molecule has 0 spiro atoms. The van der Waals surface area contributed by atoms with Crippen LogP contribution >= 0.6 is 0 Å². The van der Waals surface area contributed by atoms with E-state index in [0.717, 1.165) is 4.90 Å². The predicted octanol–water partition coefficient (Wildman–Crippen LogP) is 1.74. The van der Waals surface area contributed by atoms with Crippen LogP contribution in [-0.2, 0) is 9.59 Å². The molecular formula is C16H21N3O4. The number of hydrogen-bond donors (Lipinski definition) is 2. The average Bonchev–Trinajstić information content (AvgIpc) is 2.80. The molecule has 1 fully saturated rings. The standard InChI is InChI=1S/C16H21N3O4/c1-4-16(5-2)14(21)19(15(22)18-16)10-13(20)17-11-6-8-12(23-3)9-7-11/h6-9H,4-5,10H2,1-3H3,(H,17,20)(H,18,22). The summed E-state index contributed by atoms with van der Waals surface area (Å²) in [5, 5.41) is 5.35. The number of nitrogens with zero attached hydrogens (tertiary/aromatic N) is 1. The van der Waals surface area contributed by atoms with Crippen LogP contribution in [0.15, 0.2) is 24.3 Å². The molecule has 0 saturated carbocycles. The van der Waals surface area contributed by atoms with Crippen molar-refractivity contribution in [1.29, 1.82) is 0 Å². The fourth-order valence-corrected chi connectivity index (χ4v) is 2.57. The number of carbonyl (C=O) groups is 3. The van der Waals surface area contributed by atoms with Crippen molar-refractivity contribution in [3.63, 3.8) is 0 Å². The Hall–Kier alpha value is -2.57. The predicted molar refractivity (Wildman–Crippen MR) is 85.2 cm³/mol. The molecule has 1 aliphatic rings. The largest absolute Gasteiger partial charge is 0.497 e. The second kappa shape index (κ2) is 6.68. The molecule has 0 aliphatic carbocycles. The first-order valence-corrected chi connectivity index (χ1v) is 7.53. The molecule has 4 amide bonds. The Morgan fingerprint density at radius 2 is 1.83 bits per heavy atom. The van der Waals surface area contributed by atoms with Crippen molar-refractivity contribution in [3.05, 3.63) is 24.3 Å². The number of urea groups is 1. The first kappa shape index (κ1) is 16.8. The lowest BCUT2D eigenvalue weighted by atomic mass is 9.93. The fourth-order valence-electron chi connectivity index (χ4n) is 2.57. The van der Waals surface area contributed by atoms with Gasteiger partial charge in [0.15, 0.2) is 0 Å². The van der Waals surface area contributed by atoms with Crippen molar-refractivity contribution in [3.8, 4) is 5.75 Å². The quantitative estimate of drug-likeness (QED) is 0.782. The van der Waals surface area contributed by atoms with Gasteiger partial charge in [0.05, 0.1) is 7.11 Å². The van der Waals surface area contributed by atoms with Crippen LogP contribution in [0.5, 0.6) is 5.75 Å². The summed E-state index contributed by atoms with van der Waals surface area (Å²) >= 11 is 0. The number of nitrogens with one attached hydrogen (secondary N) is 2. The van der Waals surface area contributed by atoms with Crippen LogP contribution in [0.25, 0.3) is 0 Å². The third-order valence-corrected chi connectivity index (χ3v) is 4.13. The molecule has 0 bridgehead atoms. The van der Waals surface area contributed by atoms with E-state index in [1.165, 1.54) is 0 Å². The number of methoxy groups -OCH3 is 1. The Bertz CT molecular complexity index is 608. The Balaban J connectivity index is 2.02. The zero-order chi connectivity index (χ0) is 17.0. The van der Waals surface area contributed by atoms with Gasteiger partial charge in [-0.15, -0.1) is 0 Å². The normalized spacial score (nSPS) is 16.2. The molecule has 1 aliphatic heterocycles. The Kier molecular flexibility index (Phi) is 4.88. The van der Waals surface area contributed by atoms with Gasteiger partial charge in [0.25, 0.3) is 5.91 Å². The lowest BCUT2D eigenvalue weighted by Gasteiger charge is -2.23. The number of anilines is 1. The highest BCUT2D eigenvalue weighted by Crippen LogP contribution is 2.24. The molecule has 7 heteroatoms. The third-order valence-electron chi connectivity index (χ3n) is 4.13. The topological polar surface area (TPSA) is 87.7 Å². The minimum absolute atomic E-state index is 0.307. The van der Waals surface area contributed by atoms with Gasteiger partial charge in [0, 0.05) is 5.69 Å². The van der Waals surface area contributed by atoms with Crippen LogP contribution in [0.4, 0.5) is 10.5 Å². The van der Waals surface area contributed by atoms with Gasteiger partial charge < -0.3 is 15.4 Å². The van der Waals surface area contributed by atoms with E-state index >= 15 is 0 Å². The van der Waals surface area contributed by atoms with Gasteiger partial charge in [-0.2, -0.15) is 0 Å². The van der Waals surface area contributed by atoms with Crippen LogP contribution in [0.3, 0.4) is 0 Å². The number of benzene rings is 1. The molecule has 1 saturated heterocycles. The Labute approximate surface area is 135 Å². The minimum atomic E-state index is -0.891. The van der Waals surface area contributed by atoms with E-state index in [0.29, 0.717) is 24.3 Å². The van der Waals surface area contributed by atoms with Crippen molar-refractivity contribution in [2.45, 2.75) is 32.2 Å². The highest BCUT2D eigenvalue weighted by atomic mass is 16.5. The summed E-state index contributed by atoms with van der Waals surface area (Å²) in [6.45, 7) is 3.36. The van der Waals surface area contributed by atoms with Crippen LogP contribution in [0, 0.1) is 0 Å². The maximum atomic E-state index is 12.4. The molecule has 0 unspecified atom stereocenters. The van der Waals surface area contributed by atoms with Crippen molar-refractivity contribution >= 4 is 23.5 Å². The zero-order valence-corrected chi connectivity index (χ0v) is 13.5. The number of hydrogen-bond acceptors (Lipinski definition) is 4. The van der Waals surface area contributed by atoms with Crippen molar-refractivity contribution < 1.29 is 19.1 Å². The van der Waals surface area contributed by atoms with Crippen LogP contribution < -0.4 is 15.4 Å². The summed E-state index contributed by atoms with van der Waals surface area (Å²) < 4.78 is 5.04. The molecule has 0 atom stereocenters. The molecule has 1 heterocycles. The summed E-state index contributed by atoms with van der Waals surface area (Å²) in [6, 6.07) is 6.27. The van der Waals surface area contributed by atoms with Gasteiger partial charge in [-0.05, 0) is 37.1 Å². The molecule has 7 nitrogen and oxygen atoms in total. The number of ether oxygens (including phenoxy) is 1. The fraction of sp³-hybridized carbons (Fsp3) is 0.438. The van der Waals surface area contributed by atoms with E-state index in [9.17, 15) is 14.4 Å². The van der Waals surface area contributed by atoms with E-state index < -0.39 is 17.5 Å². The van der Waals surface area contributed by atoms with E-state index in [1.807, 2.05) is 13.8 Å². The highest BCUT2D eigenvalue weighted by Gasteiger charge is 2.49. The maximum Gasteiger partial charge on any atom is 0.325 e. The summed E-state index contributed by atoms with van der Waals surface area (Å²) in [7, 11) is 1.55. The average molecular weight is 319 g/mol. The maximum absolute atomic E-state index is 12.4.